The Morgan fingerprint density at radius 3 is 2.53 bits per heavy atom. The monoisotopic (exact) mass is 243 g/mol. The molecule has 0 amide bonds. The molecular weight excluding hydrogens is 227 g/mol. The lowest BCUT2D eigenvalue weighted by Gasteiger charge is -2.19. The Morgan fingerprint density at radius 1 is 1.35 bits per heavy atom. The maximum atomic E-state index is 12.5. The molecule has 0 heterocycles. The van der Waals surface area contributed by atoms with Gasteiger partial charge in [-0.2, -0.15) is 13.2 Å². The molecule has 17 heavy (non-hydrogen) atoms. The molecule has 1 nitrogen and oxygen atoms in total. The van der Waals surface area contributed by atoms with Gasteiger partial charge in [0.2, 0.25) is 0 Å². The van der Waals surface area contributed by atoms with E-state index in [4.69, 9.17) is 5.73 Å². The van der Waals surface area contributed by atoms with Crippen LogP contribution in [0, 0.1) is 5.41 Å². The van der Waals surface area contributed by atoms with E-state index >= 15 is 0 Å². The molecule has 0 bridgehead atoms. The van der Waals surface area contributed by atoms with Gasteiger partial charge in [0, 0.05) is 6.04 Å². The fraction of sp³-hybridized carbons (Fsp3) is 0.538. The highest BCUT2D eigenvalue weighted by Gasteiger charge is 2.42. The third-order valence-electron chi connectivity index (χ3n) is 3.64. The third kappa shape index (κ3) is 2.80. The maximum absolute atomic E-state index is 12.5. The Hall–Kier alpha value is -1.03. The van der Waals surface area contributed by atoms with Crippen molar-refractivity contribution in [3.63, 3.8) is 0 Å². The van der Waals surface area contributed by atoms with E-state index in [-0.39, 0.29) is 11.5 Å². The lowest BCUT2D eigenvalue weighted by molar-refractivity contribution is -0.137. The van der Waals surface area contributed by atoms with Gasteiger partial charge in [-0.15, -0.1) is 0 Å². The van der Waals surface area contributed by atoms with E-state index in [0.717, 1.165) is 18.9 Å². The molecule has 0 radical (unpaired) electrons. The van der Waals surface area contributed by atoms with Crippen LogP contribution in [0.5, 0.6) is 0 Å². The smallest absolute Gasteiger partial charge is 0.327 e. The number of hydrogen-bond donors (Lipinski definition) is 1. The quantitative estimate of drug-likeness (QED) is 0.865. The van der Waals surface area contributed by atoms with Crippen LogP contribution in [0.15, 0.2) is 24.3 Å². The van der Waals surface area contributed by atoms with E-state index in [9.17, 15) is 13.2 Å². The number of alkyl halides is 3. The molecule has 1 unspecified atom stereocenters. The van der Waals surface area contributed by atoms with Gasteiger partial charge in [0.05, 0.1) is 5.56 Å². The largest absolute Gasteiger partial charge is 0.416 e. The lowest BCUT2D eigenvalue weighted by Crippen LogP contribution is -2.31. The van der Waals surface area contributed by atoms with Crippen molar-refractivity contribution in [2.75, 3.05) is 0 Å². The van der Waals surface area contributed by atoms with Crippen molar-refractivity contribution < 1.29 is 13.2 Å². The minimum Gasteiger partial charge on any atom is -0.327 e. The van der Waals surface area contributed by atoms with E-state index in [1.165, 1.54) is 12.1 Å². The zero-order valence-electron chi connectivity index (χ0n) is 9.72. The van der Waals surface area contributed by atoms with Crippen molar-refractivity contribution in [1.29, 1.82) is 0 Å². The second-order valence-electron chi connectivity index (χ2n) is 5.16. The summed E-state index contributed by atoms with van der Waals surface area (Å²) in [6.07, 6.45) is -1.61. The number of benzene rings is 1. The van der Waals surface area contributed by atoms with E-state index in [1.807, 2.05) is 0 Å². The van der Waals surface area contributed by atoms with Crippen molar-refractivity contribution >= 4 is 0 Å². The molecule has 2 rings (SSSR count). The first kappa shape index (κ1) is 12.4. The van der Waals surface area contributed by atoms with Gasteiger partial charge in [0.25, 0.3) is 0 Å². The summed E-state index contributed by atoms with van der Waals surface area (Å²) < 4.78 is 37.6. The normalized spacial score (nSPS) is 20.1. The Kier molecular flexibility index (Phi) is 2.94. The van der Waals surface area contributed by atoms with Crippen molar-refractivity contribution in [3.8, 4) is 0 Å². The number of rotatable bonds is 3. The van der Waals surface area contributed by atoms with Gasteiger partial charge in [-0.1, -0.05) is 25.1 Å². The van der Waals surface area contributed by atoms with Crippen molar-refractivity contribution in [3.05, 3.63) is 35.4 Å². The van der Waals surface area contributed by atoms with Gasteiger partial charge in [0.15, 0.2) is 0 Å². The van der Waals surface area contributed by atoms with E-state index < -0.39 is 11.7 Å². The van der Waals surface area contributed by atoms with Crippen molar-refractivity contribution in [2.45, 2.75) is 38.4 Å². The zero-order chi connectivity index (χ0) is 12.7. The number of halogens is 3. The summed E-state index contributed by atoms with van der Waals surface area (Å²) in [5.74, 6) is 0. The standard InChI is InChI=1S/C13H16F3N/c1-12(5-6-12)11(17)8-9-3-2-4-10(7-9)13(14,15)16/h2-4,7,11H,5-6,8,17H2,1H3. The Labute approximate surface area is 98.8 Å². The van der Waals surface area contributed by atoms with Crippen LogP contribution >= 0.6 is 0 Å². The summed E-state index contributed by atoms with van der Waals surface area (Å²) >= 11 is 0. The van der Waals surface area contributed by atoms with Crippen molar-refractivity contribution in [1.82, 2.24) is 0 Å². The molecule has 4 heteroatoms. The Balaban J connectivity index is 2.11. The summed E-state index contributed by atoms with van der Waals surface area (Å²) in [6, 6.07) is 5.39. The molecule has 1 aliphatic rings. The minimum absolute atomic E-state index is 0.0500. The predicted octanol–water partition coefficient (Wildman–Crippen LogP) is 3.38. The molecule has 0 aliphatic heterocycles. The van der Waals surface area contributed by atoms with Crippen LogP contribution in [-0.2, 0) is 12.6 Å². The van der Waals surface area contributed by atoms with Gasteiger partial charge in [-0.05, 0) is 36.3 Å². The minimum atomic E-state index is -4.27. The SMILES string of the molecule is CC1(C(N)Cc2cccc(C(F)(F)F)c2)CC1. The molecule has 0 aromatic heterocycles. The summed E-state index contributed by atoms with van der Waals surface area (Å²) in [5, 5.41) is 0. The first-order valence-electron chi connectivity index (χ1n) is 5.73. The van der Waals surface area contributed by atoms with Crippen LogP contribution in [0.2, 0.25) is 0 Å². The van der Waals surface area contributed by atoms with Crippen molar-refractivity contribution in [2.24, 2.45) is 11.1 Å². The fourth-order valence-corrected chi connectivity index (χ4v) is 1.94. The van der Waals surface area contributed by atoms with Gasteiger partial charge >= 0.3 is 6.18 Å². The topological polar surface area (TPSA) is 26.0 Å². The second kappa shape index (κ2) is 4.02. The van der Waals surface area contributed by atoms with Crippen LogP contribution in [0.25, 0.3) is 0 Å². The summed E-state index contributed by atoms with van der Waals surface area (Å²) in [7, 11) is 0. The summed E-state index contributed by atoms with van der Waals surface area (Å²) in [6.45, 7) is 2.09. The average Bonchev–Trinajstić information content (AvgIpc) is 2.97. The first-order chi connectivity index (χ1) is 7.81. The number of nitrogens with two attached hydrogens (primary N) is 1. The average molecular weight is 243 g/mol. The van der Waals surface area contributed by atoms with Crippen LogP contribution in [0.3, 0.4) is 0 Å². The van der Waals surface area contributed by atoms with Gasteiger partial charge in [-0.25, -0.2) is 0 Å². The Bertz CT molecular complexity index is 407. The van der Waals surface area contributed by atoms with E-state index in [1.54, 1.807) is 6.07 Å². The molecule has 1 aromatic carbocycles. The highest BCUT2D eigenvalue weighted by atomic mass is 19.4. The first-order valence-corrected chi connectivity index (χ1v) is 5.73. The molecule has 1 aliphatic carbocycles. The van der Waals surface area contributed by atoms with Crippen LogP contribution < -0.4 is 5.73 Å². The summed E-state index contributed by atoms with van der Waals surface area (Å²) in [4.78, 5) is 0. The van der Waals surface area contributed by atoms with Gasteiger partial charge in [-0.3, -0.25) is 0 Å². The fourth-order valence-electron chi connectivity index (χ4n) is 1.94. The zero-order valence-corrected chi connectivity index (χ0v) is 9.72. The number of hydrogen-bond acceptors (Lipinski definition) is 1. The highest BCUT2D eigenvalue weighted by molar-refractivity contribution is 5.26. The molecule has 1 saturated carbocycles. The molecule has 0 spiro atoms. The third-order valence-corrected chi connectivity index (χ3v) is 3.64. The molecule has 2 N–H and O–H groups in total. The highest BCUT2D eigenvalue weighted by Crippen LogP contribution is 2.48. The molecule has 1 aromatic rings. The summed E-state index contributed by atoms with van der Waals surface area (Å²) in [5.41, 5.74) is 6.23. The molecule has 0 saturated heterocycles. The molecular formula is C13H16F3N. The molecule has 94 valence electrons. The second-order valence-corrected chi connectivity index (χ2v) is 5.16. The van der Waals surface area contributed by atoms with Crippen LogP contribution in [-0.4, -0.2) is 6.04 Å². The predicted molar refractivity (Wildman–Crippen MR) is 60.5 cm³/mol. The van der Waals surface area contributed by atoms with E-state index in [0.29, 0.717) is 12.0 Å². The van der Waals surface area contributed by atoms with Gasteiger partial charge < -0.3 is 5.73 Å². The van der Waals surface area contributed by atoms with Crippen LogP contribution in [0.1, 0.15) is 30.9 Å². The Morgan fingerprint density at radius 2 is 2.00 bits per heavy atom. The molecule has 1 fully saturated rings. The van der Waals surface area contributed by atoms with Gasteiger partial charge in [0.1, 0.15) is 0 Å². The maximum Gasteiger partial charge on any atom is 0.416 e. The lowest BCUT2D eigenvalue weighted by atomic mass is 9.92. The van der Waals surface area contributed by atoms with Crippen LogP contribution in [0.4, 0.5) is 13.2 Å². The van der Waals surface area contributed by atoms with E-state index in [2.05, 4.69) is 6.92 Å². The molecule has 1 atom stereocenters.